The molecule has 0 bridgehead atoms. The van der Waals surface area contributed by atoms with E-state index in [2.05, 4.69) is 0 Å². The van der Waals surface area contributed by atoms with Crippen molar-refractivity contribution in [2.75, 3.05) is 0 Å². The third-order valence-electron chi connectivity index (χ3n) is 1.23. The number of rotatable bonds is 3. The standard InChI is InChI=1S/C9H15NO2/c1-4-6-10(7-5-2)9(12)8(3)11/h4-8,11H,1-3H3/b6-4-,7-5-. The van der Waals surface area contributed by atoms with E-state index in [0.717, 1.165) is 0 Å². The van der Waals surface area contributed by atoms with Gasteiger partial charge < -0.3 is 5.11 Å². The molecule has 0 aliphatic heterocycles. The molecule has 0 radical (unpaired) electrons. The van der Waals surface area contributed by atoms with Gasteiger partial charge >= 0.3 is 0 Å². The van der Waals surface area contributed by atoms with Gasteiger partial charge in [0.05, 0.1) is 0 Å². The maximum Gasteiger partial charge on any atom is 0.259 e. The minimum absolute atomic E-state index is 0.328. The van der Waals surface area contributed by atoms with Crippen LogP contribution in [0.2, 0.25) is 0 Å². The fraction of sp³-hybridized carbons (Fsp3) is 0.444. The van der Waals surface area contributed by atoms with E-state index in [1.807, 2.05) is 13.8 Å². The molecular formula is C9H15NO2. The summed E-state index contributed by atoms with van der Waals surface area (Å²) in [7, 11) is 0. The summed E-state index contributed by atoms with van der Waals surface area (Å²) < 4.78 is 0. The third-order valence-corrected chi connectivity index (χ3v) is 1.23. The predicted molar refractivity (Wildman–Crippen MR) is 48.2 cm³/mol. The predicted octanol–water partition coefficient (Wildman–Crippen LogP) is 1.26. The van der Waals surface area contributed by atoms with Gasteiger partial charge in [-0.05, 0) is 20.8 Å². The van der Waals surface area contributed by atoms with Crippen molar-refractivity contribution >= 4 is 5.91 Å². The second-order valence-corrected chi connectivity index (χ2v) is 2.39. The molecule has 0 saturated heterocycles. The Kier molecular flexibility index (Phi) is 5.04. The number of carbonyl (C=O) groups is 1. The van der Waals surface area contributed by atoms with Crippen LogP contribution in [0.25, 0.3) is 0 Å². The van der Waals surface area contributed by atoms with Gasteiger partial charge in [0.2, 0.25) is 0 Å². The Labute approximate surface area is 73.0 Å². The Morgan fingerprint density at radius 2 is 1.75 bits per heavy atom. The van der Waals surface area contributed by atoms with E-state index in [9.17, 15) is 4.79 Å². The lowest BCUT2D eigenvalue weighted by molar-refractivity contribution is -0.134. The van der Waals surface area contributed by atoms with Crippen molar-refractivity contribution in [3.05, 3.63) is 24.6 Å². The van der Waals surface area contributed by atoms with Crippen molar-refractivity contribution < 1.29 is 9.90 Å². The second-order valence-electron chi connectivity index (χ2n) is 2.39. The summed E-state index contributed by atoms with van der Waals surface area (Å²) in [4.78, 5) is 12.5. The molecule has 0 aliphatic rings. The van der Waals surface area contributed by atoms with Crippen LogP contribution in [-0.4, -0.2) is 22.0 Å². The van der Waals surface area contributed by atoms with Crippen LogP contribution in [0, 0.1) is 0 Å². The number of allylic oxidation sites excluding steroid dienone is 2. The third kappa shape index (κ3) is 3.34. The van der Waals surface area contributed by atoms with Crippen LogP contribution in [0.15, 0.2) is 24.6 Å². The van der Waals surface area contributed by atoms with Crippen LogP contribution < -0.4 is 0 Å². The average molecular weight is 169 g/mol. The molecule has 0 aliphatic carbocycles. The lowest BCUT2D eigenvalue weighted by atomic mass is 10.3. The maximum absolute atomic E-state index is 11.2. The zero-order valence-corrected chi connectivity index (χ0v) is 7.69. The molecule has 1 atom stereocenters. The molecule has 0 fully saturated rings. The average Bonchev–Trinajstić information content (AvgIpc) is 2.03. The van der Waals surface area contributed by atoms with Crippen LogP contribution in [0.3, 0.4) is 0 Å². The highest BCUT2D eigenvalue weighted by molar-refractivity contribution is 5.82. The van der Waals surface area contributed by atoms with Gasteiger partial charge in [-0.15, -0.1) is 0 Å². The number of amides is 1. The van der Waals surface area contributed by atoms with Gasteiger partial charge in [0.1, 0.15) is 6.10 Å². The molecular weight excluding hydrogens is 154 g/mol. The zero-order valence-electron chi connectivity index (χ0n) is 7.69. The zero-order chi connectivity index (χ0) is 9.56. The van der Waals surface area contributed by atoms with Gasteiger partial charge in [0.15, 0.2) is 0 Å². The molecule has 1 amide bonds. The first-order chi connectivity index (χ1) is 5.63. The van der Waals surface area contributed by atoms with Crippen LogP contribution in [0.4, 0.5) is 0 Å². The Balaban J connectivity index is 4.40. The Hall–Kier alpha value is -1.09. The van der Waals surface area contributed by atoms with E-state index in [-0.39, 0.29) is 5.91 Å². The van der Waals surface area contributed by atoms with Crippen LogP contribution in [0.1, 0.15) is 20.8 Å². The molecule has 0 saturated carbocycles. The van der Waals surface area contributed by atoms with E-state index in [0.29, 0.717) is 0 Å². The molecule has 1 N–H and O–H groups in total. The van der Waals surface area contributed by atoms with Crippen LogP contribution >= 0.6 is 0 Å². The fourth-order valence-corrected chi connectivity index (χ4v) is 0.734. The van der Waals surface area contributed by atoms with E-state index in [1.54, 1.807) is 24.6 Å². The molecule has 0 aromatic heterocycles. The van der Waals surface area contributed by atoms with E-state index >= 15 is 0 Å². The molecule has 0 rings (SSSR count). The topological polar surface area (TPSA) is 40.5 Å². The lowest BCUT2D eigenvalue weighted by Crippen LogP contribution is -2.29. The number of nitrogens with zero attached hydrogens (tertiary/aromatic N) is 1. The summed E-state index contributed by atoms with van der Waals surface area (Å²) in [6.07, 6.45) is 5.72. The van der Waals surface area contributed by atoms with Gasteiger partial charge in [0, 0.05) is 12.4 Å². The number of aliphatic hydroxyl groups excluding tert-OH is 1. The highest BCUT2D eigenvalue weighted by atomic mass is 16.3. The fourth-order valence-electron chi connectivity index (χ4n) is 0.734. The van der Waals surface area contributed by atoms with E-state index in [4.69, 9.17) is 5.11 Å². The van der Waals surface area contributed by atoms with Gasteiger partial charge in [0.25, 0.3) is 5.91 Å². The number of hydrogen-bond acceptors (Lipinski definition) is 2. The first-order valence-electron chi connectivity index (χ1n) is 3.89. The molecule has 68 valence electrons. The van der Waals surface area contributed by atoms with Crippen LogP contribution in [0.5, 0.6) is 0 Å². The Morgan fingerprint density at radius 1 is 1.33 bits per heavy atom. The summed E-state index contributed by atoms with van der Waals surface area (Å²) in [5, 5.41) is 8.99. The van der Waals surface area contributed by atoms with Crippen molar-refractivity contribution in [1.29, 1.82) is 0 Å². The van der Waals surface area contributed by atoms with Gasteiger partial charge in [-0.3, -0.25) is 9.69 Å². The Morgan fingerprint density at radius 3 is 2.00 bits per heavy atom. The van der Waals surface area contributed by atoms with Gasteiger partial charge in [-0.1, -0.05) is 12.2 Å². The number of hydrogen-bond donors (Lipinski definition) is 1. The highest BCUT2D eigenvalue weighted by Crippen LogP contribution is 1.97. The normalized spacial score (nSPS) is 14.0. The monoisotopic (exact) mass is 169 g/mol. The highest BCUT2D eigenvalue weighted by Gasteiger charge is 2.12. The first-order valence-corrected chi connectivity index (χ1v) is 3.89. The summed E-state index contributed by atoms with van der Waals surface area (Å²) in [5.41, 5.74) is 0. The smallest absolute Gasteiger partial charge is 0.259 e. The summed E-state index contributed by atoms with van der Waals surface area (Å²) in [5.74, 6) is -0.328. The molecule has 3 nitrogen and oxygen atoms in total. The molecule has 1 unspecified atom stereocenters. The summed E-state index contributed by atoms with van der Waals surface area (Å²) in [6, 6.07) is 0. The molecule has 0 heterocycles. The summed E-state index contributed by atoms with van der Waals surface area (Å²) in [6.45, 7) is 5.07. The minimum Gasteiger partial charge on any atom is -0.384 e. The second kappa shape index (κ2) is 5.55. The van der Waals surface area contributed by atoms with Gasteiger partial charge in [-0.25, -0.2) is 0 Å². The van der Waals surface area contributed by atoms with Crippen molar-refractivity contribution in [2.45, 2.75) is 26.9 Å². The maximum atomic E-state index is 11.2. The van der Waals surface area contributed by atoms with E-state index in [1.165, 1.54) is 11.8 Å². The lowest BCUT2D eigenvalue weighted by Gasteiger charge is -2.14. The molecule has 0 aromatic carbocycles. The van der Waals surface area contributed by atoms with Crippen molar-refractivity contribution in [3.8, 4) is 0 Å². The summed E-state index contributed by atoms with van der Waals surface area (Å²) >= 11 is 0. The van der Waals surface area contributed by atoms with Crippen LogP contribution in [-0.2, 0) is 4.79 Å². The Bertz CT molecular complexity index is 183. The largest absolute Gasteiger partial charge is 0.384 e. The first kappa shape index (κ1) is 10.9. The molecule has 0 spiro atoms. The molecule has 0 aromatic rings. The quantitative estimate of drug-likeness (QED) is 0.691. The number of carbonyl (C=O) groups excluding carboxylic acids is 1. The SMILES string of the molecule is C/C=C\N(/C=C\C)C(=O)C(C)O. The van der Waals surface area contributed by atoms with Crippen molar-refractivity contribution in [3.63, 3.8) is 0 Å². The van der Waals surface area contributed by atoms with E-state index < -0.39 is 6.10 Å². The van der Waals surface area contributed by atoms with Crippen molar-refractivity contribution in [2.24, 2.45) is 0 Å². The number of aliphatic hydroxyl groups is 1. The van der Waals surface area contributed by atoms with Crippen molar-refractivity contribution in [1.82, 2.24) is 4.90 Å². The molecule has 3 heteroatoms. The minimum atomic E-state index is -0.961. The molecule has 12 heavy (non-hydrogen) atoms. The van der Waals surface area contributed by atoms with Gasteiger partial charge in [-0.2, -0.15) is 0 Å².